The van der Waals surface area contributed by atoms with Crippen LogP contribution in [0.4, 0.5) is 14.5 Å². The molecule has 0 saturated heterocycles. The predicted octanol–water partition coefficient (Wildman–Crippen LogP) is 2.51. The Bertz CT molecular complexity index is 465. The fraction of sp³-hybridized carbons (Fsp3) is 0.333. The molecule has 2 rings (SSSR count). The van der Waals surface area contributed by atoms with Gasteiger partial charge in [-0.15, -0.1) is 0 Å². The molecule has 0 fully saturated rings. The highest BCUT2D eigenvalue weighted by molar-refractivity contribution is 6.02. The van der Waals surface area contributed by atoms with E-state index in [2.05, 4.69) is 5.10 Å². The molecule has 1 aromatic rings. The van der Waals surface area contributed by atoms with Crippen molar-refractivity contribution in [3.63, 3.8) is 0 Å². The zero-order valence-electron chi connectivity index (χ0n) is 9.41. The van der Waals surface area contributed by atoms with Gasteiger partial charge in [0.15, 0.2) is 11.6 Å². The van der Waals surface area contributed by atoms with Gasteiger partial charge in [-0.25, -0.2) is 8.78 Å². The van der Waals surface area contributed by atoms with Gasteiger partial charge in [0.2, 0.25) is 0 Å². The number of para-hydroxylation sites is 1. The molecule has 5 heteroatoms. The number of nitrogens with zero attached hydrogens (tertiary/aromatic N) is 2. The number of halogens is 2. The van der Waals surface area contributed by atoms with Gasteiger partial charge in [0.1, 0.15) is 11.5 Å². The second-order valence-corrected chi connectivity index (χ2v) is 3.99. The van der Waals surface area contributed by atoms with E-state index in [1.807, 2.05) is 0 Å². The fourth-order valence-corrected chi connectivity index (χ4v) is 1.81. The number of rotatable bonds is 3. The fourth-order valence-electron chi connectivity index (χ4n) is 1.81. The summed E-state index contributed by atoms with van der Waals surface area (Å²) in [7, 11) is 0. The number of carbonyl (C=O) groups excluding carboxylic acids is 1. The number of hydrogen-bond acceptors (Lipinski definition) is 3. The van der Waals surface area contributed by atoms with Crippen LogP contribution in [-0.4, -0.2) is 18.0 Å². The van der Waals surface area contributed by atoms with Crippen molar-refractivity contribution in [1.29, 1.82) is 0 Å². The van der Waals surface area contributed by atoms with Gasteiger partial charge in [0.05, 0.1) is 0 Å². The van der Waals surface area contributed by atoms with Crippen LogP contribution in [-0.2, 0) is 4.79 Å². The molecular weight excluding hydrogens is 226 g/mol. The molecule has 1 aliphatic heterocycles. The SMILES string of the molecule is CC(=O)CC1=NN(c2c(F)cccc2F)CC1. The Hall–Kier alpha value is -1.78. The van der Waals surface area contributed by atoms with Gasteiger partial charge in [0, 0.05) is 25.1 Å². The Balaban J connectivity index is 2.25. The normalized spacial score (nSPS) is 15.0. The molecule has 0 bridgehead atoms. The zero-order valence-corrected chi connectivity index (χ0v) is 9.41. The van der Waals surface area contributed by atoms with Crippen molar-refractivity contribution in [3.8, 4) is 0 Å². The molecule has 3 nitrogen and oxygen atoms in total. The Kier molecular flexibility index (Phi) is 3.17. The lowest BCUT2D eigenvalue weighted by Crippen LogP contribution is -2.15. The van der Waals surface area contributed by atoms with E-state index in [0.29, 0.717) is 18.7 Å². The topological polar surface area (TPSA) is 32.7 Å². The molecular formula is C12H12F2N2O. The van der Waals surface area contributed by atoms with Crippen molar-refractivity contribution >= 4 is 17.2 Å². The Morgan fingerprint density at radius 2 is 2.06 bits per heavy atom. The summed E-state index contributed by atoms with van der Waals surface area (Å²) in [4.78, 5) is 10.9. The van der Waals surface area contributed by atoms with Crippen LogP contribution in [0.1, 0.15) is 19.8 Å². The average Bonchev–Trinajstić information content (AvgIpc) is 2.65. The smallest absolute Gasteiger partial charge is 0.151 e. The van der Waals surface area contributed by atoms with Crippen LogP contribution in [0.2, 0.25) is 0 Å². The Labute approximate surface area is 97.7 Å². The molecule has 0 radical (unpaired) electrons. The van der Waals surface area contributed by atoms with E-state index < -0.39 is 11.6 Å². The van der Waals surface area contributed by atoms with E-state index in [4.69, 9.17) is 0 Å². The van der Waals surface area contributed by atoms with Gasteiger partial charge >= 0.3 is 0 Å². The van der Waals surface area contributed by atoms with E-state index in [1.54, 1.807) is 0 Å². The molecule has 0 N–H and O–H groups in total. The highest BCUT2D eigenvalue weighted by Crippen LogP contribution is 2.26. The summed E-state index contributed by atoms with van der Waals surface area (Å²) in [5.74, 6) is -1.28. The van der Waals surface area contributed by atoms with Crippen LogP contribution in [0, 0.1) is 11.6 Å². The van der Waals surface area contributed by atoms with Crippen LogP contribution in [0.15, 0.2) is 23.3 Å². The summed E-state index contributed by atoms with van der Waals surface area (Å²) in [6.07, 6.45) is 0.805. The minimum Gasteiger partial charge on any atom is -0.300 e. The summed E-state index contributed by atoms with van der Waals surface area (Å²) in [5.41, 5.74) is 0.520. The Morgan fingerprint density at radius 1 is 1.41 bits per heavy atom. The lowest BCUT2D eigenvalue weighted by molar-refractivity contribution is -0.115. The maximum absolute atomic E-state index is 13.5. The summed E-state index contributed by atoms with van der Waals surface area (Å²) >= 11 is 0. The van der Waals surface area contributed by atoms with Crippen LogP contribution < -0.4 is 5.01 Å². The van der Waals surface area contributed by atoms with Crippen molar-refractivity contribution < 1.29 is 13.6 Å². The van der Waals surface area contributed by atoms with Crippen molar-refractivity contribution in [3.05, 3.63) is 29.8 Å². The molecule has 0 atom stereocenters. The van der Waals surface area contributed by atoms with Gasteiger partial charge in [-0.1, -0.05) is 6.07 Å². The number of hydrazone groups is 1. The third-order valence-corrected chi connectivity index (χ3v) is 2.52. The summed E-state index contributed by atoms with van der Waals surface area (Å²) in [6.45, 7) is 1.87. The van der Waals surface area contributed by atoms with Crippen LogP contribution in [0.25, 0.3) is 0 Å². The van der Waals surface area contributed by atoms with Crippen LogP contribution in [0.5, 0.6) is 0 Å². The van der Waals surface area contributed by atoms with Gasteiger partial charge in [-0.3, -0.25) is 9.80 Å². The molecule has 1 aromatic carbocycles. The zero-order chi connectivity index (χ0) is 12.4. The van der Waals surface area contributed by atoms with Gasteiger partial charge in [-0.05, 0) is 19.1 Å². The molecule has 1 aliphatic rings. The average molecular weight is 238 g/mol. The number of Topliss-reactive ketones (excluding diaryl/α,β-unsaturated/α-hetero) is 1. The van der Waals surface area contributed by atoms with E-state index in [0.717, 1.165) is 0 Å². The largest absolute Gasteiger partial charge is 0.300 e. The Morgan fingerprint density at radius 3 is 2.65 bits per heavy atom. The number of carbonyl (C=O) groups is 1. The maximum atomic E-state index is 13.5. The van der Waals surface area contributed by atoms with Gasteiger partial charge < -0.3 is 0 Å². The number of benzene rings is 1. The quantitative estimate of drug-likeness (QED) is 0.810. The molecule has 17 heavy (non-hydrogen) atoms. The van der Waals surface area contributed by atoms with Crippen LogP contribution >= 0.6 is 0 Å². The monoisotopic (exact) mass is 238 g/mol. The third-order valence-electron chi connectivity index (χ3n) is 2.52. The van der Waals surface area contributed by atoms with Gasteiger partial charge in [-0.2, -0.15) is 5.10 Å². The lowest BCUT2D eigenvalue weighted by Gasteiger charge is -2.14. The number of hydrogen-bond donors (Lipinski definition) is 0. The first-order chi connectivity index (χ1) is 8.08. The van der Waals surface area contributed by atoms with E-state index in [9.17, 15) is 13.6 Å². The molecule has 0 saturated carbocycles. The first kappa shape index (κ1) is 11.7. The van der Waals surface area contributed by atoms with Crippen molar-refractivity contribution in [2.75, 3.05) is 11.6 Å². The van der Waals surface area contributed by atoms with Crippen molar-refractivity contribution in [1.82, 2.24) is 0 Å². The maximum Gasteiger partial charge on any atom is 0.151 e. The molecule has 0 aromatic heterocycles. The second-order valence-electron chi connectivity index (χ2n) is 3.99. The third kappa shape index (κ3) is 2.49. The first-order valence-corrected chi connectivity index (χ1v) is 5.35. The molecule has 0 aliphatic carbocycles. The molecule has 90 valence electrons. The highest BCUT2D eigenvalue weighted by atomic mass is 19.1. The van der Waals surface area contributed by atoms with E-state index >= 15 is 0 Å². The minimum atomic E-state index is -0.641. The molecule has 0 unspecified atom stereocenters. The minimum absolute atomic E-state index is 0.000365. The summed E-state index contributed by atoms with van der Waals surface area (Å²) < 4.78 is 26.9. The lowest BCUT2D eigenvalue weighted by atomic mass is 10.1. The predicted molar refractivity (Wildman–Crippen MR) is 61.1 cm³/mol. The first-order valence-electron chi connectivity index (χ1n) is 5.35. The highest BCUT2D eigenvalue weighted by Gasteiger charge is 2.22. The molecule has 0 spiro atoms. The van der Waals surface area contributed by atoms with Gasteiger partial charge in [0.25, 0.3) is 0 Å². The summed E-state index contributed by atoms with van der Waals surface area (Å²) in [6, 6.07) is 3.69. The van der Waals surface area contributed by atoms with Crippen molar-refractivity contribution in [2.24, 2.45) is 5.10 Å². The standard InChI is InChI=1S/C12H12F2N2O/c1-8(17)7-9-5-6-16(15-9)12-10(13)3-2-4-11(12)14/h2-4H,5-7H2,1H3. The van der Waals surface area contributed by atoms with E-state index in [1.165, 1.54) is 30.1 Å². The van der Waals surface area contributed by atoms with Crippen molar-refractivity contribution in [2.45, 2.75) is 19.8 Å². The molecule has 0 amide bonds. The number of ketones is 1. The van der Waals surface area contributed by atoms with Crippen LogP contribution in [0.3, 0.4) is 0 Å². The second kappa shape index (κ2) is 4.61. The summed E-state index contributed by atoms with van der Waals surface area (Å²) in [5, 5.41) is 5.35. The molecule has 1 heterocycles. The number of anilines is 1. The van der Waals surface area contributed by atoms with E-state index in [-0.39, 0.29) is 17.9 Å².